The lowest BCUT2D eigenvalue weighted by molar-refractivity contribution is -0.137. The molecule has 0 aliphatic carbocycles. The van der Waals surface area contributed by atoms with E-state index in [1.165, 1.54) is 0 Å². The van der Waals surface area contributed by atoms with Crippen molar-refractivity contribution in [2.45, 2.75) is 57.7 Å². The van der Waals surface area contributed by atoms with Gasteiger partial charge in [0.1, 0.15) is 17.5 Å². The van der Waals surface area contributed by atoms with E-state index in [9.17, 15) is 32.7 Å². The topological polar surface area (TPSA) is 105 Å². The number of aliphatic carboxylic acids is 1. The number of rotatable bonds is 9. The van der Waals surface area contributed by atoms with Gasteiger partial charge in [-0.1, -0.05) is 30.3 Å². The number of alkyl carbamates (subject to hydrolysis) is 1. The lowest BCUT2D eigenvalue weighted by Gasteiger charge is -2.25. The van der Waals surface area contributed by atoms with Crippen LogP contribution in [0.1, 0.15) is 38.3 Å². The number of halogens is 3. The summed E-state index contributed by atoms with van der Waals surface area (Å²) in [5.74, 6) is -5.80. The molecule has 0 bridgehead atoms. The molecular formula is C24H27F3N2O5. The number of benzene rings is 2. The molecule has 10 heteroatoms. The highest BCUT2D eigenvalue weighted by molar-refractivity contribution is 5.86. The van der Waals surface area contributed by atoms with Gasteiger partial charge in [-0.05, 0) is 44.4 Å². The zero-order valence-electron chi connectivity index (χ0n) is 19.0. The van der Waals surface area contributed by atoms with Crippen molar-refractivity contribution >= 4 is 18.0 Å². The normalized spacial score (nSPS) is 13.0. The molecule has 2 rings (SSSR count). The molecule has 2 aromatic rings. The first kappa shape index (κ1) is 26.7. The molecule has 0 aliphatic rings. The zero-order valence-corrected chi connectivity index (χ0v) is 19.0. The fourth-order valence-corrected chi connectivity index (χ4v) is 3.18. The van der Waals surface area contributed by atoms with Crippen LogP contribution in [0.5, 0.6) is 0 Å². The van der Waals surface area contributed by atoms with Gasteiger partial charge in [0.25, 0.3) is 0 Å². The maximum Gasteiger partial charge on any atom is 0.408 e. The van der Waals surface area contributed by atoms with Gasteiger partial charge in [-0.2, -0.15) is 0 Å². The van der Waals surface area contributed by atoms with Crippen LogP contribution in [-0.4, -0.2) is 40.8 Å². The lowest BCUT2D eigenvalue weighted by Crippen LogP contribution is -2.52. The highest BCUT2D eigenvalue weighted by Crippen LogP contribution is 2.17. The van der Waals surface area contributed by atoms with E-state index < -0.39 is 65.9 Å². The average Bonchev–Trinajstić information content (AvgIpc) is 2.70. The van der Waals surface area contributed by atoms with Gasteiger partial charge in [0.2, 0.25) is 5.91 Å². The summed E-state index contributed by atoms with van der Waals surface area (Å²) in [6.45, 7) is 4.95. The molecule has 0 fully saturated rings. The van der Waals surface area contributed by atoms with Gasteiger partial charge in [0.05, 0.1) is 6.42 Å². The quantitative estimate of drug-likeness (QED) is 0.475. The summed E-state index contributed by atoms with van der Waals surface area (Å²) in [4.78, 5) is 36.6. The van der Waals surface area contributed by atoms with Crippen molar-refractivity contribution in [2.75, 3.05) is 0 Å². The lowest BCUT2D eigenvalue weighted by atomic mass is 10.0. The Bertz CT molecular complexity index is 1030. The van der Waals surface area contributed by atoms with Gasteiger partial charge >= 0.3 is 12.1 Å². The van der Waals surface area contributed by atoms with Crippen LogP contribution in [0.3, 0.4) is 0 Å². The number of amides is 2. The third kappa shape index (κ3) is 8.76. The van der Waals surface area contributed by atoms with Gasteiger partial charge in [-0.25, -0.2) is 18.0 Å². The number of carboxylic acid groups (broad SMARTS) is 1. The van der Waals surface area contributed by atoms with Crippen LogP contribution < -0.4 is 10.6 Å². The standard InChI is InChI=1S/C24H27F3N2O5/c1-24(2,3)34-23(33)29-20(9-14-7-5-4-6-8-14)22(32)28-16(12-21(30)31)10-15-11-18(26)19(27)13-17(15)25/h4-8,11,13,16,20H,9-10,12H2,1-3H3,(H,28,32)(H,29,33)(H,30,31). The summed E-state index contributed by atoms with van der Waals surface area (Å²) in [6, 6.07) is 7.41. The maximum atomic E-state index is 14.1. The summed E-state index contributed by atoms with van der Waals surface area (Å²) in [6.07, 6.45) is -1.82. The van der Waals surface area contributed by atoms with Crippen LogP contribution in [0.2, 0.25) is 0 Å². The number of ether oxygens (including phenoxy) is 1. The van der Waals surface area contributed by atoms with Crippen LogP contribution in [0, 0.1) is 17.5 Å². The summed E-state index contributed by atoms with van der Waals surface area (Å²) >= 11 is 0. The van der Waals surface area contributed by atoms with E-state index >= 15 is 0 Å². The van der Waals surface area contributed by atoms with Crippen LogP contribution in [0.25, 0.3) is 0 Å². The van der Waals surface area contributed by atoms with Gasteiger partial charge in [-0.3, -0.25) is 9.59 Å². The minimum absolute atomic E-state index is 0.0608. The molecule has 2 unspecified atom stereocenters. The number of nitrogens with one attached hydrogen (secondary N) is 2. The second-order valence-electron chi connectivity index (χ2n) is 8.75. The predicted molar refractivity (Wildman–Crippen MR) is 118 cm³/mol. The molecule has 0 saturated heterocycles. The molecular weight excluding hydrogens is 453 g/mol. The maximum absolute atomic E-state index is 14.1. The second-order valence-corrected chi connectivity index (χ2v) is 8.75. The van der Waals surface area contributed by atoms with Crippen LogP contribution in [0.15, 0.2) is 42.5 Å². The number of carbonyl (C=O) groups excluding carboxylic acids is 2. The first-order chi connectivity index (χ1) is 15.8. The van der Waals surface area contributed by atoms with E-state index in [1.54, 1.807) is 51.1 Å². The fourth-order valence-electron chi connectivity index (χ4n) is 3.18. The molecule has 0 aromatic heterocycles. The molecule has 34 heavy (non-hydrogen) atoms. The van der Waals surface area contributed by atoms with Crippen molar-refractivity contribution < 1.29 is 37.4 Å². The Morgan fingerprint density at radius 2 is 1.56 bits per heavy atom. The van der Waals surface area contributed by atoms with Crippen LogP contribution in [0.4, 0.5) is 18.0 Å². The van der Waals surface area contributed by atoms with Gasteiger partial charge in [0, 0.05) is 18.5 Å². The van der Waals surface area contributed by atoms with Gasteiger partial charge < -0.3 is 20.5 Å². The molecule has 0 saturated carbocycles. The number of carbonyl (C=O) groups is 3. The third-order valence-electron chi connectivity index (χ3n) is 4.61. The average molecular weight is 480 g/mol. The molecule has 0 heterocycles. The second kappa shape index (κ2) is 11.5. The smallest absolute Gasteiger partial charge is 0.408 e. The predicted octanol–water partition coefficient (Wildman–Crippen LogP) is 3.74. The summed E-state index contributed by atoms with van der Waals surface area (Å²) in [5, 5.41) is 14.2. The molecule has 0 spiro atoms. The largest absolute Gasteiger partial charge is 0.481 e. The summed E-state index contributed by atoms with van der Waals surface area (Å²) < 4.78 is 46.1. The molecule has 3 N–H and O–H groups in total. The van der Waals surface area contributed by atoms with Crippen molar-refractivity contribution in [1.82, 2.24) is 10.6 Å². The van der Waals surface area contributed by atoms with Gasteiger partial charge in [-0.15, -0.1) is 0 Å². The Morgan fingerprint density at radius 3 is 2.15 bits per heavy atom. The Morgan fingerprint density at radius 1 is 0.941 bits per heavy atom. The summed E-state index contributed by atoms with van der Waals surface area (Å²) in [5.41, 5.74) is -0.418. The molecule has 2 amide bonds. The zero-order chi connectivity index (χ0) is 25.5. The number of hydrogen-bond donors (Lipinski definition) is 3. The first-order valence-electron chi connectivity index (χ1n) is 10.5. The van der Waals surface area contributed by atoms with Crippen molar-refractivity contribution in [3.63, 3.8) is 0 Å². The Labute approximate surface area is 195 Å². The number of hydrogen-bond acceptors (Lipinski definition) is 4. The molecule has 0 radical (unpaired) electrons. The van der Waals surface area contributed by atoms with Crippen molar-refractivity contribution in [3.05, 3.63) is 71.0 Å². The van der Waals surface area contributed by atoms with Gasteiger partial charge in [0.15, 0.2) is 11.6 Å². The van der Waals surface area contributed by atoms with E-state index in [0.29, 0.717) is 17.7 Å². The number of carboxylic acids is 1. The van der Waals surface area contributed by atoms with E-state index in [2.05, 4.69) is 10.6 Å². The molecule has 0 aliphatic heterocycles. The van der Waals surface area contributed by atoms with Crippen molar-refractivity contribution in [3.8, 4) is 0 Å². The van der Waals surface area contributed by atoms with E-state index in [0.717, 1.165) is 0 Å². The summed E-state index contributed by atoms with van der Waals surface area (Å²) in [7, 11) is 0. The van der Waals surface area contributed by atoms with E-state index in [1.807, 2.05) is 0 Å². The Kier molecular flexibility index (Phi) is 9.05. The molecule has 2 atom stereocenters. The minimum atomic E-state index is -1.38. The SMILES string of the molecule is CC(C)(C)OC(=O)NC(Cc1ccccc1)C(=O)NC(CC(=O)O)Cc1cc(F)c(F)cc1F. The Balaban J connectivity index is 2.24. The van der Waals surface area contributed by atoms with Crippen LogP contribution >= 0.6 is 0 Å². The molecule has 2 aromatic carbocycles. The highest BCUT2D eigenvalue weighted by atomic mass is 19.2. The van der Waals surface area contributed by atoms with Crippen LogP contribution in [-0.2, 0) is 27.2 Å². The van der Waals surface area contributed by atoms with E-state index in [-0.39, 0.29) is 12.0 Å². The third-order valence-corrected chi connectivity index (χ3v) is 4.61. The fraction of sp³-hybridized carbons (Fsp3) is 0.375. The van der Waals surface area contributed by atoms with Crippen molar-refractivity contribution in [1.29, 1.82) is 0 Å². The highest BCUT2D eigenvalue weighted by Gasteiger charge is 2.28. The molecule has 7 nitrogen and oxygen atoms in total. The van der Waals surface area contributed by atoms with Crippen molar-refractivity contribution in [2.24, 2.45) is 0 Å². The Hall–Kier alpha value is -3.56. The minimum Gasteiger partial charge on any atom is -0.481 e. The van der Waals surface area contributed by atoms with E-state index in [4.69, 9.17) is 4.74 Å². The monoisotopic (exact) mass is 480 g/mol. The molecule has 184 valence electrons. The first-order valence-corrected chi connectivity index (χ1v) is 10.5.